The lowest BCUT2D eigenvalue weighted by Crippen LogP contribution is -2.03. The Bertz CT molecular complexity index is 923. The van der Waals surface area contributed by atoms with Gasteiger partial charge < -0.3 is 4.74 Å². The summed E-state index contributed by atoms with van der Waals surface area (Å²) in [5.74, 6) is 0.440. The van der Waals surface area contributed by atoms with Crippen molar-refractivity contribution >= 4 is 16.7 Å². The maximum absolute atomic E-state index is 13.1. The van der Waals surface area contributed by atoms with Crippen molar-refractivity contribution in [3.8, 4) is 5.88 Å². The summed E-state index contributed by atoms with van der Waals surface area (Å²) in [5, 5.41) is 0. The molecule has 0 bridgehead atoms. The first-order valence-electron chi connectivity index (χ1n) is 9.57. The van der Waals surface area contributed by atoms with E-state index in [2.05, 4.69) is 11.1 Å². The van der Waals surface area contributed by atoms with E-state index in [0.29, 0.717) is 12.5 Å². The fourth-order valence-electron chi connectivity index (χ4n) is 2.91. The van der Waals surface area contributed by atoms with E-state index in [1.807, 2.05) is 56.4 Å². The van der Waals surface area contributed by atoms with Gasteiger partial charge in [0.15, 0.2) is 0 Å². The van der Waals surface area contributed by atoms with Gasteiger partial charge in [-0.1, -0.05) is 62.0 Å². The third-order valence-electron chi connectivity index (χ3n) is 4.24. The summed E-state index contributed by atoms with van der Waals surface area (Å²) in [5.41, 5.74) is 3.51. The van der Waals surface area contributed by atoms with Gasteiger partial charge in [0.2, 0.25) is 5.88 Å². The molecule has 0 saturated heterocycles. The molecule has 144 valence electrons. The van der Waals surface area contributed by atoms with Gasteiger partial charge in [-0.05, 0) is 48.2 Å². The van der Waals surface area contributed by atoms with E-state index < -0.39 is 0 Å². The summed E-state index contributed by atoms with van der Waals surface area (Å²) in [4.78, 5) is 6.67. The maximum atomic E-state index is 13.1. The lowest BCUT2D eigenvalue weighted by Gasteiger charge is -2.18. The Morgan fingerprint density at radius 3 is 2.54 bits per heavy atom. The first-order chi connectivity index (χ1) is 13.8. The van der Waals surface area contributed by atoms with Crippen molar-refractivity contribution in [2.75, 3.05) is 0 Å². The molecular formula is C24H24FNOS. The molecule has 1 aliphatic rings. The SMILES string of the molecule is CC.Fc1ccc(SC2=CCCc3cc(OCc4ccccc4)ncc32)cc1. The van der Waals surface area contributed by atoms with Crippen molar-refractivity contribution < 1.29 is 9.13 Å². The fraction of sp³-hybridized carbons (Fsp3) is 0.208. The normalized spacial score (nSPS) is 12.3. The second kappa shape index (κ2) is 10.1. The molecule has 1 aliphatic carbocycles. The number of rotatable bonds is 5. The summed E-state index contributed by atoms with van der Waals surface area (Å²) in [6.07, 6.45) is 6.07. The third-order valence-corrected chi connectivity index (χ3v) is 5.36. The van der Waals surface area contributed by atoms with Gasteiger partial charge in [0, 0.05) is 27.6 Å². The summed E-state index contributed by atoms with van der Waals surface area (Å²) in [7, 11) is 0. The molecule has 2 nitrogen and oxygen atoms in total. The molecule has 1 heterocycles. The number of pyridine rings is 1. The maximum Gasteiger partial charge on any atom is 0.213 e. The molecule has 28 heavy (non-hydrogen) atoms. The number of thioether (sulfide) groups is 1. The summed E-state index contributed by atoms with van der Waals surface area (Å²) < 4.78 is 18.9. The van der Waals surface area contributed by atoms with Crippen LogP contribution in [0.15, 0.2) is 77.8 Å². The lowest BCUT2D eigenvalue weighted by atomic mass is 9.99. The molecule has 4 rings (SSSR count). The fourth-order valence-corrected chi connectivity index (χ4v) is 3.93. The molecule has 0 atom stereocenters. The van der Waals surface area contributed by atoms with Crippen molar-refractivity contribution in [2.24, 2.45) is 0 Å². The number of benzene rings is 2. The molecule has 1 aromatic heterocycles. The van der Waals surface area contributed by atoms with Crippen molar-refractivity contribution in [2.45, 2.75) is 38.2 Å². The van der Waals surface area contributed by atoms with E-state index >= 15 is 0 Å². The Labute approximate surface area is 170 Å². The van der Waals surface area contributed by atoms with Crippen LogP contribution in [0.25, 0.3) is 4.91 Å². The number of aryl methyl sites for hydroxylation is 1. The van der Waals surface area contributed by atoms with Crippen molar-refractivity contribution in [3.63, 3.8) is 0 Å². The second-order valence-corrected chi connectivity index (χ2v) is 7.23. The topological polar surface area (TPSA) is 22.1 Å². The van der Waals surface area contributed by atoms with Crippen molar-refractivity contribution in [3.05, 3.63) is 95.4 Å². The number of hydrogen-bond acceptors (Lipinski definition) is 3. The van der Waals surface area contributed by atoms with Gasteiger partial charge >= 0.3 is 0 Å². The molecule has 0 saturated carbocycles. The molecule has 3 aromatic rings. The van der Waals surface area contributed by atoms with Crippen LogP contribution < -0.4 is 4.74 Å². The zero-order valence-corrected chi connectivity index (χ0v) is 17.0. The second-order valence-electron chi connectivity index (χ2n) is 6.12. The Morgan fingerprint density at radius 1 is 1.04 bits per heavy atom. The monoisotopic (exact) mass is 393 g/mol. The number of nitrogens with zero attached hydrogens (tertiary/aromatic N) is 1. The number of ether oxygens (including phenoxy) is 1. The molecule has 0 aliphatic heterocycles. The van der Waals surface area contributed by atoms with Crippen LogP contribution in [0.2, 0.25) is 0 Å². The van der Waals surface area contributed by atoms with Crippen LogP contribution in [0.1, 0.15) is 37.0 Å². The zero-order chi connectivity index (χ0) is 19.8. The van der Waals surface area contributed by atoms with Crippen molar-refractivity contribution in [1.29, 1.82) is 0 Å². The van der Waals surface area contributed by atoms with E-state index in [1.54, 1.807) is 23.9 Å². The van der Waals surface area contributed by atoms with E-state index in [4.69, 9.17) is 4.74 Å². The quantitative estimate of drug-likeness (QED) is 0.470. The third kappa shape index (κ3) is 5.23. The highest BCUT2D eigenvalue weighted by atomic mass is 32.2. The number of fused-ring (bicyclic) bond motifs is 1. The van der Waals surface area contributed by atoms with Crippen LogP contribution in [-0.4, -0.2) is 4.98 Å². The van der Waals surface area contributed by atoms with Crippen LogP contribution >= 0.6 is 11.8 Å². The van der Waals surface area contributed by atoms with E-state index in [1.165, 1.54) is 22.6 Å². The highest BCUT2D eigenvalue weighted by Gasteiger charge is 2.15. The zero-order valence-electron chi connectivity index (χ0n) is 16.2. The molecule has 0 N–H and O–H groups in total. The van der Waals surface area contributed by atoms with Crippen LogP contribution in [-0.2, 0) is 13.0 Å². The minimum Gasteiger partial charge on any atom is -0.473 e. The van der Waals surface area contributed by atoms with Gasteiger partial charge in [-0.2, -0.15) is 0 Å². The highest BCUT2D eigenvalue weighted by Crippen LogP contribution is 2.39. The molecule has 0 spiro atoms. The average molecular weight is 394 g/mol. The lowest BCUT2D eigenvalue weighted by molar-refractivity contribution is 0.293. The summed E-state index contributed by atoms with van der Waals surface area (Å²) in [6.45, 7) is 4.51. The van der Waals surface area contributed by atoms with Crippen molar-refractivity contribution in [1.82, 2.24) is 4.98 Å². The van der Waals surface area contributed by atoms with Crippen LogP contribution in [0.5, 0.6) is 5.88 Å². The van der Waals surface area contributed by atoms with Crippen LogP contribution in [0, 0.1) is 5.82 Å². The average Bonchev–Trinajstić information content (AvgIpc) is 2.76. The van der Waals surface area contributed by atoms with Gasteiger partial charge in [0.05, 0.1) is 0 Å². The largest absolute Gasteiger partial charge is 0.473 e. The molecule has 0 radical (unpaired) electrons. The highest BCUT2D eigenvalue weighted by molar-refractivity contribution is 8.08. The predicted molar refractivity (Wildman–Crippen MR) is 115 cm³/mol. The first-order valence-corrected chi connectivity index (χ1v) is 10.4. The molecular weight excluding hydrogens is 369 g/mol. The molecule has 4 heteroatoms. The van der Waals surface area contributed by atoms with Gasteiger partial charge in [-0.3, -0.25) is 0 Å². The predicted octanol–water partition coefficient (Wildman–Crippen LogP) is 6.91. The number of aromatic nitrogens is 1. The summed E-state index contributed by atoms with van der Waals surface area (Å²) in [6, 6.07) is 18.7. The van der Waals surface area contributed by atoms with E-state index in [-0.39, 0.29) is 5.82 Å². The molecule has 0 amide bonds. The minimum absolute atomic E-state index is 0.214. The number of hydrogen-bond donors (Lipinski definition) is 0. The van der Waals surface area contributed by atoms with Crippen LogP contribution in [0.4, 0.5) is 4.39 Å². The first kappa shape index (κ1) is 20.2. The molecule has 0 unspecified atom stereocenters. The Balaban J connectivity index is 0.00000109. The van der Waals surface area contributed by atoms with Gasteiger partial charge in [0.1, 0.15) is 12.4 Å². The molecule has 0 fully saturated rings. The smallest absolute Gasteiger partial charge is 0.213 e. The number of allylic oxidation sites excluding steroid dienone is 1. The van der Waals surface area contributed by atoms with E-state index in [9.17, 15) is 4.39 Å². The van der Waals surface area contributed by atoms with Gasteiger partial charge in [0.25, 0.3) is 0 Å². The van der Waals surface area contributed by atoms with E-state index in [0.717, 1.165) is 28.9 Å². The Kier molecular flexibility index (Phi) is 7.26. The summed E-state index contributed by atoms with van der Waals surface area (Å²) >= 11 is 1.65. The van der Waals surface area contributed by atoms with Gasteiger partial charge in [-0.25, -0.2) is 9.37 Å². The number of halogens is 1. The van der Waals surface area contributed by atoms with Gasteiger partial charge in [-0.15, -0.1) is 0 Å². The minimum atomic E-state index is -0.214. The molecule has 2 aromatic carbocycles. The standard InChI is InChI=1S/C22H18FNOS.C2H6/c23-18-9-11-19(12-10-18)26-21-8-4-7-17-13-22(24-14-20(17)21)25-15-16-5-2-1-3-6-16;1-2/h1-3,5-6,8-14H,4,7,15H2;1-2H3. The Morgan fingerprint density at radius 2 is 1.79 bits per heavy atom. The van der Waals surface area contributed by atoms with Crippen LogP contribution in [0.3, 0.4) is 0 Å². The Hall–Kier alpha value is -2.59.